The van der Waals surface area contributed by atoms with Gasteiger partial charge < -0.3 is 19.5 Å². The number of benzene rings is 3. The van der Waals surface area contributed by atoms with Gasteiger partial charge in [0.15, 0.2) is 0 Å². The van der Waals surface area contributed by atoms with Crippen LogP contribution in [0.1, 0.15) is 50.8 Å². The minimum Gasteiger partial charge on any atom is -0.485 e. The van der Waals surface area contributed by atoms with Crippen LogP contribution in [0.15, 0.2) is 60.7 Å². The first-order valence-electron chi connectivity index (χ1n) is 11.2. The maximum absolute atomic E-state index is 6.54. The van der Waals surface area contributed by atoms with Gasteiger partial charge in [-0.1, -0.05) is 49.7 Å². The zero-order valence-electron chi connectivity index (χ0n) is 19.0. The van der Waals surface area contributed by atoms with Crippen molar-refractivity contribution in [3.05, 3.63) is 71.8 Å². The van der Waals surface area contributed by atoms with Gasteiger partial charge in [-0.15, -0.1) is 0 Å². The quantitative estimate of drug-likeness (QED) is 0.423. The molecule has 1 heterocycles. The van der Waals surface area contributed by atoms with Gasteiger partial charge in [-0.05, 0) is 60.9 Å². The number of ether oxygens (including phenoxy) is 3. The van der Waals surface area contributed by atoms with Crippen molar-refractivity contribution in [2.45, 2.75) is 58.0 Å². The highest BCUT2D eigenvalue weighted by molar-refractivity contribution is 5.82. The second kappa shape index (κ2) is 9.29. The lowest BCUT2D eigenvalue weighted by atomic mass is 9.87. The molecule has 2 atom stereocenters. The minimum absolute atomic E-state index is 0.181. The first-order valence-corrected chi connectivity index (χ1v) is 11.2. The van der Waals surface area contributed by atoms with Gasteiger partial charge >= 0.3 is 0 Å². The van der Waals surface area contributed by atoms with Crippen LogP contribution in [0.5, 0.6) is 5.75 Å². The van der Waals surface area contributed by atoms with Gasteiger partial charge in [-0.3, -0.25) is 0 Å². The Kier molecular flexibility index (Phi) is 6.49. The van der Waals surface area contributed by atoms with Crippen molar-refractivity contribution < 1.29 is 14.2 Å². The molecule has 0 bridgehead atoms. The largest absolute Gasteiger partial charge is 0.485 e. The number of hydrogen-bond acceptors (Lipinski definition) is 4. The maximum Gasteiger partial charge on any atom is 0.132 e. The van der Waals surface area contributed by atoms with Crippen molar-refractivity contribution in [2.75, 3.05) is 19.0 Å². The van der Waals surface area contributed by atoms with Crippen LogP contribution in [0.3, 0.4) is 0 Å². The summed E-state index contributed by atoms with van der Waals surface area (Å²) < 4.78 is 19.4. The Morgan fingerprint density at radius 1 is 0.968 bits per heavy atom. The van der Waals surface area contributed by atoms with E-state index in [4.69, 9.17) is 14.2 Å². The lowest BCUT2D eigenvalue weighted by Crippen LogP contribution is -2.51. The number of hydrogen-bond donors (Lipinski definition) is 1. The molecule has 4 rings (SSSR count). The van der Waals surface area contributed by atoms with Gasteiger partial charge in [-0.2, -0.15) is 0 Å². The summed E-state index contributed by atoms with van der Waals surface area (Å²) in [6.07, 6.45) is 1.71. The van der Waals surface area contributed by atoms with Gasteiger partial charge in [0.25, 0.3) is 0 Å². The highest BCUT2D eigenvalue weighted by Crippen LogP contribution is 2.44. The van der Waals surface area contributed by atoms with Crippen LogP contribution in [0, 0.1) is 0 Å². The molecular formula is C27H33NO3. The van der Waals surface area contributed by atoms with Gasteiger partial charge in [0.1, 0.15) is 23.6 Å². The van der Waals surface area contributed by atoms with Crippen LogP contribution in [-0.2, 0) is 16.1 Å². The molecule has 0 aliphatic carbocycles. The zero-order valence-corrected chi connectivity index (χ0v) is 19.0. The van der Waals surface area contributed by atoms with Crippen molar-refractivity contribution in [1.29, 1.82) is 0 Å². The molecule has 0 amide bonds. The van der Waals surface area contributed by atoms with E-state index in [2.05, 4.69) is 74.6 Å². The van der Waals surface area contributed by atoms with Crippen LogP contribution >= 0.6 is 0 Å². The summed E-state index contributed by atoms with van der Waals surface area (Å²) in [5.41, 5.74) is 2.73. The highest BCUT2D eigenvalue weighted by atomic mass is 16.6. The molecular weight excluding hydrogens is 386 g/mol. The number of fused-ring (bicyclic) bond motifs is 2. The predicted octanol–water partition coefficient (Wildman–Crippen LogP) is 6.50. The van der Waals surface area contributed by atoms with E-state index in [1.165, 1.54) is 10.8 Å². The fraction of sp³-hybridized carbons (Fsp3) is 0.407. The molecule has 0 spiro atoms. The Labute approximate surface area is 185 Å². The summed E-state index contributed by atoms with van der Waals surface area (Å²) in [7, 11) is 1.93. The summed E-state index contributed by atoms with van der Waals surface area (Å²) in [5, 5.41) is 5.69. The smallest absolute Gasteiger partial charge is 0.132 e. The molecule has 2 unspecified atom stereocenters. The van der Waals surface area contributed by atoms with Crippen molar-refractivity contribution in [3.8, 4) is 5.75 Å². The third kappa shape index (κ3) is 4.70. The predicted molar refractivity (Wildman–Crippen MR) is 127 cm³/mol. The van der Waals surface area contributed by atoms with Crippen molar-refractivity contribution in [2.24, 2.45) is 0 Å². The molecule has 0 fully saturated rings. The summed E-state index contributed by atoms with van der Waals surface area (Å²) in [4.78, 5) is 0. The molecule has 31 heavy (non-hydrogen) atoms. The van der Waals surface area contributed by atoms with E-state index in [-0.39, 0.29) is 12.2 Å². The standard InChI is InChI=1S/C27H33NO3/c1-5-6-15-29-25-23-17-22(28-4)13-14-24(23)31-27(2,3)26(25)30-18-19-11-12-20-9-7-8-10-21(20)16-19/h7-14,16-17,25-26,28H,5-6,15,18H2,1-4H3. The van der Waals surface area contributed by atoms with Gasteiger partial charge in [-0.25, -0.2) is 0 Å². The van der Waals surface area contributed by atoms with E-state index in [0.29, 0.717) is 13.2 Å². The van der Waals surface area contributed by atoms with E-state index >= 15 is 0 Å². The van der Waals surface area contributed by atoms with E-state index in [1.807, 2.05) is 19.2 Å². The molecule has 0 saturated heterocycles. The lowest BCUT2D eigenvalue weighted by molar-refractivity contribution is -0.167. The molecule has 164 valence electrons. The molecule has 0 saturated carbocycles. The second-order valence-corrected chi connectivity index (χ2v) is 8.77. The Balaban J connectivity index is 1.61. The Morgan fingerprint density at radius 2 is 1.77 bits per heavy atom. The van der Waals surface area contributed by atoms with Gasteiger partial charge in [0.2, 0.25) is 0 Å². The second-order valence-electron chi connectivity index (χ2n) is 8.77. The fourth-order valence-corrected chi connectivity index (χ4v) is 4.22. The summed E-state index contributed by atoms with van der Waals surface area (Å²) in [6.45, 7) is 7.57. The Hall–Kier alpha value is -2.56. The third-order valence-electron chi connectivity index (χ3n) is 5.98. The minimum atomic E-state index is -0.512. The first-order chi connectivity index (χ1) is 15.0. The van der Waals surface area contributed by atoms with Gasteiger partial charge in [0, 0.05) is 24.9 Å². The SMILES string of the molecule is CCCCOC1c2cc(NC)ccc2OC(C)(C)C1OCc1ccc2ccccc2c1. The number of anilines is 1. The molecule has 1 aliphatic rings. The molecule has 4 heteroatoms. The van der Waals surface area contributed by atoms with Crippen molar-refractivity contribution in [3.63, 3.8) is 0 Å². The number of nitrogens with one attached hydrogen (secondary N) is 1. The summed E-state index contributed by atoms with van der Waals surface area (Å²) in [5.74, 6) is 0.871. The topological polar surface area (TPSA) is 39.7 Å². The molecule has 1 N–H and O–H groups in total. The Morgan fingerprint density at radius 3 is 2.55 bits per heavy atom. The third-order valence-corrected chi connectivity index (χ3v) is 5.98. The van der Waals surface area contributed by atoms with Crippen LogP contribution < -0.4 is 10.1 Å². The summed E-state index contributed by atoms with van der Waals surface area (Å²) in [6, 6.07) is 21.1. The lowest BCUT2D eigenvalue weighted by Gasteiger charge is -2.44. The molecule has 1 aliphatic heterocycles. The van der Waals surface area contributed by atoms with Gasteiger partial charge in [0.05, 0.1) is 6.61 Å². The normalized spacial score (nSPS) is 19.6. The molecule has 0 radical (unpaired) electrons. The molecule has 3 aromatic rings. The average molecular weight is 420 g/mol. The highest BCUT2D eigenvalue weighted by Gasteiger charge is 2.45. The van der Waals surface area contributed by atoms with E-state index in [0.717, 1.165) is 35.4 Å². The van der Waals surface area contributed by atoms with Crippen LogP contribution in [0.4, 0.5) is 5.69 Å². The van der Waals surface area contributed by atoms with E-state index < -0.39 is 5.60 Å². The number of unbranched alkanes of at least 4 members (excludes halogenated alkanes) is 1. The fourth-order valence-electron chi connectivity index (χ4n) is 4.22. The van der Waals surface area contributed by atoms with E-state index in [9.17, 15) is 0 Å². The van der Waals surface area contributed by atoms with Crippen LogP contribution in [0.25, 0.3) is 10.8 Å². The van der Waals surface area contributed by atoms with Crippen molar-refractivity contribution in [1.82, 2.24) is 0 Å². The molecule has 3 aromatic carbocycles. The monoisotopic (exact) mass is 419 g/mol. The molecule has 0 aromatic heterocycles. The first kappa shape index (κ1) is 21.7. The summed E-state index contributed by atoms with van der Waals surface area (Å²) >= 11 is 0. The Bertz CT molecular complexity index is 1030. The van der Waals surface area contributed by atoms with Crippen LogP contribution in [-0.4, -0.2) is 25.4 Å². The van der Waals surface area contributed by atoms with Crippen molar-refractivity contribution >= 4 is 16.5 Å². The molecule has 4 nitrogen and oxygen atoms in total. The van der Waals surface area contributed by atoms with E-state index in [1.54, 1.807) is 0 Å². The average Bonchev–Trinajstić information content (AvgIpc) is 2.77. The zero-order chi connectivity index (χ0) is 21.8. The number of rotatable bonds is 8. The maximum atomic E-state index is 6.54. The van der Waals surface area contributed by atoms with Crippen LogP contribution in [0.2, 0.25) is 0 Å².